The fraction of sp³-hybridized carbons (Fsp3) is 0. The second-order valence-corrected chi connectivity index (χ2v) is 3.47. The zero-order valence-electron chi connectivity index (χ0n) is 6.81. The number of hydrogen-bond acceptors (Lipinski definition) is 4. The number of rotatable bonds is 1. The number of carboxylic acid groups (broad SMARTS) is 1. The van der Waals surface area contributed by atoms with Crippen LogP contribution >= 0.6 is 15.9 Å². The van der Waals surface area contributed by atoms with Gasteiger partial charge in [0, 0.05) is 10.7 Å². The molecule has 0 saturated carbocycles. The number of aromatic carboxylic acids is 1. The van der Waals surface area contributed by atoms with Crippen LogP contribution in [-0.4, -0.2) is 26.0 Å². The van der Waals surface area contributed by atoms with E-state index in [1.54, 1.807) is 12.3 Å². The summed E-state index contributed by atoms with van der Waals surface area (Å²) >= 11 is 3.23. The molecule has 0 bridgehead atoms. The van der Waals surface area contributed by atoms with Crippen LogP contribution in [0.4, 0.5) is 0 Å². The molecule has 0 aliphatic carbocycles. The monoisotopic (exact) mass is 253 g/mol. The molecule has 0 aliphatic rings. The molecular weight excluding hydrogens is 250 g/mol. The summed E-state index contributed by atoms with van der Waals surface area (Å²) < 4.78 is 0.780. The third-order valence-electron chi connectivity index (χ3n) is 1.59. The van der Waals surface area contributed by atoms with Gasteiger partial charge in [0.05, 0.1) is 6.20 Å². The van der Waals surface area contributed by atoms with E-state index in [0.717, 1.165) is 4.47 Å². The lowest BCUT2D eigenvalue weighted by Gasteiger charge is -1.97. The molecule has 2 heterocycles. The van der Waals surface area contributed by atoms with E-state index in [1.165, 1.54) is 6.20 Å². The van der Waals surface area contributed by atoms with Crippen LogP contribution in [0.2, 0.25) is 0 Å². The molecule has 0 aromatic carbocycles. The first kappa shape index (κ1) is 9.01. The first-order valence-electron chi connectivity index (χ1n) is 3.68. The average Bonchev–Trinajstić information content (AvgIpc) is 2.16. The van der Waals surface area contributed by atoms with Crippen molar-refractivity contribution in [1.29, 1.82) is 0 Å². The smallest absolute Gasteiger partial charge is 0.356 e. The number of pyridine rings is 1. The van der Waals surface area contributed by atoms with Crippen LogP contribution in [0.3, 0.4) is 0 Å². The van der Waals surface area contributed by atoms with Gasteiger partial charge in [-0.15, -0.1) is 0 Å². The van der Waals surface area contributed by atoms with Gasteiger partial charge < -0.3 is 5.11 Å². The van der Waals surface area contributed by atoms with Crippen molar-refractivity contribution in [2.75, 3.05) is 0 Å². The topological polar surface area (TPSA) is 76.0 Å². The highest BCUT2D eigenvalue weighted by atomic mass is 79.9. The predicted octanol–water partition coefficient (Wildman–Crippen LogP) is 1.49. The summed E-state index contributed by atoms with van der Waals surface area (Å²) in [7, 11) is 0. The number of halogens is 1. The molecule has 2 aromatic heterocycles. The van der Waals surface area contributed by atoms with Crippen molar-refractivity contribution >= 4 is 33.1 Å². The molecule has 0 amide bonds. The fourth-order valence-electron chi connectivity index (χ4n) is 0.979. The highest BCUT2D eigenvalue weighted by molar-refractivity contribution is 9.10. The molecule has 5 nitrogen and oxygen atoms in total. The predicted molar refractivity (Wildman–Crippen MR) is 52.0 cm³/mol. The third kappa shape index (κ3) is 1.56. The van der Waals surface area contributed by atoms with Gasteiger partial charge in [0.15, 0.2) is 11.3 Å². The quantitative estimate of drug-likeness (QED) is 0.834. The molecule has 6 heteroatoms. The van der Waals surface area contributed by atoms with Crippen molar-refractivity contribution in [2.45, 2.75) is 0 Å². The maximum atomic E-state index is 10.6. The summed E-state index contributed by atoms with van der Waals surface area (Å²) in [6.45, 7) is 0. The molecule has 70 valence electrons. The highest BCUT2D eigenvalue weighted by Crippen LogP contribution is 2.13. The van der Waals surface area contributed by atoms with Gasteiger partial charge in [-0.1, -0.05) is 0 Å². The maximum Gasteiger partial charge on any atom is 0.356 e. The molecule has 0 radical (unpaired) electrons. The molecular formula is C8H4BrN3O2. The molecule has 0 fully saturated rings. The Labute approximate surface area is 87.0 Å². The van der Waals surface area contributed by atoms with Gasteiger partial charge in [0.1, 0.15) is 5.52 Å². The Bertz CT molecular complexity index is 515. The first-order chi connectivity index (χ1) is 6.66. The molecule has 0 saturated heterocycles. The van der Waals surface area contributed by atoms with Gasteiger partial charge in [0.25, 0.3) is 0 Å². The second-order valence-electron chi connectivity index (χ2n) is 2.56. The Morgan fingerprint density at radius 3 is 2.86 bits per heavy atom. The van der Waals surface area contributed by atoms with Crippen LogP contribution < -0.4 is 0 Å². The van der Waals surface area contributed by atoms with E-state index in [1.807, 2.05) is 0 Å². The Morgan fingerprint density at radius 2 is 2.14 bits per heavy atom. The van der Waals surface area contributed by atoms with Gasteiger partial charge >= 0.3 is 5.97 Å². The van der Waals surface area contributed by atoms with Crippen molar-refractivity contribution in [3.63, 3.8) is 0 Å². The van der Waals surface area contributed by atoms with E-state index in [2.05, 4.69) is 30.9 Å². The fourth-order valence-corrected chi connectivity index (χ4v) is 1.30. The SMILES string of the molecule is O=C(O)c1cnc2cc(Br)cnc2n1. The van der Waals surface area contributed by atoms with E-state index < -0.39 is 5.97 Å². The van der Waals surface area contributed by atoms with Gasteiger partial charge in [-0.25, -0.2) is 14.8 Å². The number of nitrogens with zero attached hydrogens (tertiary/aromatic N) is 3. The average molecular weight is 254 g/mol. The minimum absolute atomic E-state index is 0.104. The molecule has 0 spiro atoms. The summed E-state index contributed by atoms with van der Waals surface area (Å²) in [6, 6.07) is 1.72. The second kappa shape index (κ2) is 3.30. The molecule has 0 aliphatic heterocycles. The Kier molecular flexibility index (Phi) is 2.12. The summed E-state index contributed by atoms with van der Waals surface area (Å²) in [5, 5.41) is 8.66. The van der Waals surface area contributed by atoms with Crippen LogP contribution in [0.1, 0.15) is 10.5 Å². The van der Waals surface area contributed by atoms with Gasteiger partial charge in [-0.05, 0) is 22.0 Å². The van der Waals surface area contributed by atoms with E-state index in [0.29, 0.717) is 11.2 Å². The standard InChI is InChI=1S/C8H4BrN3O2/c9-4-1-5-7(11-2-4)12-6(3-10-5)8(13)14/h1-3H,(H,13,14). The van der Waals surface area contributed by atoms with Crippen molar-refractivity contribution in [2.24, 2.45) is 0 Å². The largest absolute Gasteiger partial charge is 0.476 e. The van der Waals surface area contributed by atoms with E-state index in [4.69, 9.17) is 5.11 Å². The van der Waals surface area contributed by atoms with E-state index >= 15 is 0 Å². The van der Waals surface area contributed by atoms with Crippen LogP contribution in [-0.2, 0) is 0 Å². The third-order valence-corrected chi connectivity index (χ3v) is 2.02. The molecule has 0 unspecified atom stereocenters. The highest BCUT2D eigenvalue weighted by Gasteiger charge is 2.07. The van der Waals surface area contributed by atoms with Gasteiger partial charge in [0.2, 0.25) is 0 Å². The number of fused-ring (bicyclic) bond motifs is 1. The summed E-state index contributed by atoms with van der Waals surface area (Å²) in [5.41, 5.74) is 0.782. The number of aromatic nitrogens is 3. The first-order valence-corrected chi connectivity index (χ1v) is 4.48. The lowest BCUT2D eigenvalue weighted by molar-refractivity contribution is 0.0690. The van der Waals surface area contributed by atoms with Gasteiger partial charge in [-0.3, -0.25) is 4.98 Å². The van der Waals surface area contributed by atoms with E-state index in [9.17, 15) is 4.79 Å². The normalized spacial score (nSPS) is 10.4. The minimum Gasteiger partial charge on any atom is -0.476 e. The molecule has 14 heavy (non-hydrogen) atoms. The number of carboxylic acids is 1. The number of hydrogen-bond donors (Lipinski definition) is 1. The van der Waals surface area contributed by atoms with Crippen molar-refractivity contribution in [3.8, 4) is 0 Å². The maximum absolute atomic E-state index is 10.6. The Morgan fingerprint density at radius 1 is 1.36 bits per heavy atom. The molecule has 2 rings (SSSR count). The Hall–Kier alpha value is -1.56. The number of carbonyl (C=O) groups is 1. The van der Waals surface area contributed by atoms with Crippen LogP contribution in [0, 0.1) is 0 Å². The summed E-state index contributed by atoms with van der Waals surface area (Å²) in [5.74, 6) is -1.11. The summed E-state index contributed by atoms with van der Waals surface area (Å²) in [6.07, 6.45) is 2.75. The van der Waals surface area contributed by atoms with Crippen LogP contribution in [0.15, 0.2) is 22.9 Å². The zero-order valence-corrected chi connectivity index (χ0v) is 8.39. The van der Waals surface area contributed by atoms with Crippen molar-refractivity contribution in [1.82, 2.24) is 15.0 Å². The lowest BCUT2D eigenvalue weighted by atomic mass is 10.4. The molecule has 0 atom stereocenters. The van der Waals surface area contributed by atoms with Crippen LogP contribution in [0.5, 0.6) is 0 Å². The minimum atomic E-state index is -1.11. The zero-order chi connectivity index (χ0) is 10.1. The van der Waals surface area contributed by atoms with Crippen LogP contribution in [0.25, 0.3) is 11.2 Å². The van der Waals surface area contributed by atoms with Crippen molar-refractivity contribution < 1.29 is 9.90 Å². The summed E-state index contributed by atoms with van der Waals surface area (Å²) in [4.78, 5) is 22.3. The van der Waals surface area contributed by atoms with Crippen molar-refractivity contribution in [3.05, 3.63) is 28.6 Å². The van der Waals surface area contributed by atoms with Gasteiger partial charge in [-0.2, -0.15) is 0 Å². The lowest BCUT2D eigenvalue weighted by Crippen LogP contribution is -2.02. The molecule has 1 N–H and O–H groups in total. The molecule has 2 aromatic rings. The van der Waals surface area contributed by atoms with E-state index in [-0.39, 0.29) is 5.69 Å². The Balaban J connectivity index is 2.67.